The average Bonchev–Trinajstić information content (AvgIpc) is 2.47. The van der Waals surface area contributed by atoms with Gasteiger partial charge in [0.25, 0.3) is 0 Å². The second-order valence-electron chi connectivity index (χ2n) is 6.01. The first-order valence-electron chi connectivity index (χ1n) is 7.56. The highest BCUT2D eigenvalue weighted by Crippen LogP contribution is 2.29. The van der Waals surface area contributed by atoms with Gasteiger partial charge in [-0.2, -0.15) is 0 Å². The van der Waals surface area contributed by atoms with Gasteiger partial charge in [0, 0.05) is 12.3 Å². The molecule has 1 aliphatic rings. The zero-order chi connectivity index (χ0) is 14.4. The van der Waals surface area contributed by atoms with Gasteiger partial charge in [0.15, 0.2) is 0 Å². The molecule has 1 N–H and O–H groups in total. The van der Waals surface area contributed by atoms with Crippen LogP contribution in [0, 0.1) is 6.92 Å². The number of hydrogen-bond acceptors (Lipinski definition) is 1. The number of aryl methyl sites for hydroxylation is 2. The summed E-state index contributed by atoms with van der Waals surface area (Å²) in [4.78, 5) is 12.1. The van der Waals surface area contributed by atoms with Crippen molar-refractivity contribution in [2.45, 2.75) is 57.4 Å². The Kier molecular flexibility index (Phi) is 5.47. The predicted molar refractivity (Wildman–Crippen MR) is 84.2 cm³/mol. The van der Waals surface area contributed by atoms with Crippen molar-refractivity contribution in [1.82, 2.24) is 5.32 Å². The highest BCUT2D eigenvalue weighted by Gasteiger charge is 2.32. The minimum Gasteiger partial charge on any atom is -0.349 e. The van der Waals surface area contributed by atoms with E-state index >= 15 is 0 Å². The van der Waals surface area contributed by atoms with Crippen molar-refractivity contribution in [3.63, 3.8) is 0 Å². The monoisotopic (exact) mass is 293 g/mol. The molecule has 1 amide bonds. The van der Waals surface area contributed by atoms with Crippen molar-refractivity contribution < 1.29 is 4.79 Å². The van der Waals surface area contributed by atoms with Gasteiger partial charge in [-0.3, -0.25) is 4.79 Å². The minimum absolute atomic E-state index is 0.133. The first kappa shape index (κ1) is 15.4. The Hall–Kier alpha value is -1.02. The third-order valence-electron chi connectivity index (χ3n) is 4.23. The third-order valence-corrected chi connectivity index (χ3v) is 4.74. The van der Waals surface area contributed by atoms with E-state index in [2.05, 4.69) is 36.5 Å². The molecule has 0 radical (unpaired) electrons. The Bertz CT molecular complexity index is 435. The summed E-state index contributed by atoms with van der Waals surface area (Å²) >= 11 is 6.10. The Balaban J connectivity index is 1.83. The summed E-state index contributed by atoms with van der Waals surface area (Å²) < 4.78 is 0. The highest BCUT2D eigenvalue weighted by molar-refractivity contribution is 6.18. The van der Waals surface area contributed by atoms with Crippen LogP contribution in [0.1, 0.15) is 49.7 Å². The second-order valence-corrected chi connectivity index (χ2v) is 6.28. The molecule has 20 heavy (non-hydrogen) atoms. The fourth-order valence-corrected chi connectivity index (χ4v) is 3.23. The van der Waals surface area contributed by atoms with E-state index in [9.17, 15) is 4.79 Å². The molecule has 0 unspecified atom stereocenters. The smallest absolute Gasteiger partial charge is 0.220 e. The van der Waals surface area contributed by atoms with Gasteiger partial charge in [-0.05, 0) is 31.7 Å². The zero-order valence-electron chi connectivity index (χ0n) is 12.3. The fraction of sp³-hybridized carbons (Fsp3) is 0.588. The van der Waals surface area contributed by atoms with Crippen LogP contribution < -0.4 is 5.32 Å². The van der Waals surface area contributed by atoms with Crippen LogP contribution in [0.25, 0.3) is 0 Å². The predicted octanol–water partition coefficient (Wildman–Crippen LogP) is 3.99. The summed E-state index contributed by atoms with van der Waals surface area (Å²) in [6.45, 7) is 2.07. The third kappa shape index (κ3) is 4.24. The van der Waals surface area contributed by atoms with Gasteiger partial charge in [0.1, 0.15) is 0 Å². The number of amides is 1. The first-order valence-corrected chi connectivity index (χ1v) is 8.10. The molecule has 0 aromatic heterocycles. The maximum Gasteiger partial charge on any atom is 0.220 e. The van der Waals surface area contributed by atoms with Crippen LogP contribution in [0.2, 0.25) is 0 Å². The Morgan fingerprint density at radius 3 is 2.45 bits per heavy atom. The minimum atomic E-state index is -0.149. The number of benzene rings is 1. The lowest BCUT2D eigenvalue weighted by molar-refractivity contribution is -0.123. The van der Waals surface area contributed by atoms with Crippen LogP contribution in [-0.4, -0.2) is 17.3 Å². The summed E-state index contributed by atoms with van der Waals surface area (Å²) in [6.07, 6.45) is 6.99. The van der Waals surface area contributed by atoms with E-state index in [4.69, 9.17) is 11.6 Å². The van der Waals surface area contributed by atoms with Crippen LogP contribution >= 0.6 is 11.6 Å². The molecule has 0 saturated heterocycles. The molecular formula is C17H24ClNO. The first-order chi connectivity index (χ1) is 9.63. The fourth-order valence-electron chi connectivity index (χ4n) is 2.89. The molecule has 0 spiro atoms. The maximum absolute atomic E-state index is 12.1. The van der Waals surface area contributed by atoms with Gasteiger partial charge in [0.2, 0.25) is 5.91 Å². The lowest BCUT2D eigenvalue weighted by atomic mass is 9.83. The topological polar surface area (TPSA) is 29.1 Å². The number of carbonyl (C=O) groups is 1. The summed E-state index contributed by atoms with van der Waals surface area (Å²) in [6, 6.07) is 8.38. The number of rotatable bonds is 5. The van der Waals surface area contributed by atoms with Crippen LogP contribution in [0.3, 0.4) is 0 Å². The zero-order valence-corrected chi connectivity index (χ0v) is 13.0. The van der Waals surface area contributed by atoms with Crippen molar-refractivity contribution in [3.8, 4) is 0 Å². The number of carbonyl (C=O) groups excluding carboxylic acids is 1. The molecule has 0 bridgehead atoms. The van der Waals surface area contributed by atoms with E-state index < -0.39 is 0 Å². The molecule has 1 aromatic carbocycles. The molecule has 110 valence electrons. The maximum atomic E-state index is 12.1. The second kappa shape index (κ2) is 7.12. The molecule has 0 atom stereocenters. The largest absolute Gasteiger partial charge is 0.349 e. The summed E-state index contributed by atoms with van der Waals surface area (Å²) in [7, 11) is 0. The molecule has 0 heterocycles. The molecule has 1 saturated carbocycles. The number of halogens is 1. The van der Waals surface area contributed by atoms with Gasteiger partial charge in [-0.25, -0.2) is 0 Å². The van der Waals surface area contributed by atoms with Crippen molar-refractivity contribution in [2.75, 3.05) is 5.88 Å². The number of alkyl halides is 1. The molecule has 2 nitrogen and oxygen atoms in total. The van der Waals surface area contributed by atoms with E-state index in [0.29, 0.717) is 12.3 Å². The number of hydrogen-bond donors (Lipinski definition) is 1. The normalized spacial score (nSPS) is 17.7. The highest BCUT2D eigenvalue weighted by atomic mass is 35.5. The standard InChI is InChI=1S/C17H24ClNO/c1-14-5-7-15(8-6-14)9-10-16(20)19-17(13-18)11-3-2-4-12-17/h5-8H,2-4,9-13H2,1H3,(H,19,20). The molecule has 1 aliphatic carbocycles. The molecule has 1 fully saturated rings. The Morgan fingerprint density at radius 1 is 1.20 bits per heavy atom. The van der Waals surface area contributed by atoms with E-state index in [-0.39, 0.29) is 11.4 Å². The quantitative estimate of drug-likeness (QED) is 0.817. The Morgan fingerprint density at radius 2 is 1.85 bits per heavy atom. The lowest BCUT2D eigenvalue weighted by Crippen LogP contribution is -2.51. The van der Waals surface area contributed by atoms with Crippen molar-refractivity contribution in [1.29, 1.82) is 0 Å². The van der Waals surface area contributed by atoms with E-state index in [0.717, 1.165) is 19.3 Å². The van der Waals surface area contributed by atoms with Crippen molar-refractivity contribution >= 4 is 17.5 Å². The van der Waals surface area contributed by atoms with Gasteiger partial charge < -0.3 is 5.32 Å². The van der Waals surface area contributed by atoms with Gasteiger partial charge in [-0.1, -0.05) is 49.1 Å². The van der Waals surface area contributed by atoms with Crippen LogP contribution in [0.15, 0.2) is 24.3 Å². The SMILES string of the molecule is Cc1ccc(CCC(=O)NC2(CCl)CCCCC2)cc1. The average molecular weight is 294 g/mol. The van der Waals surface area contributed by atoms with Gasteiger partial charge in [-0.15, -0.1) is 11.6 Å². The summed E-state index contributed by atoms with van der Waals surface area (Å²) in [5.74, 6) is 0.664. The van der Waals surface area contributed by atoms with Gasteiger partial charge >= 0.3 is 0 Å². The van der Waals surface area contributed by atoms with Crippen LogP contribution in [-0.2, 0) is 11.2 Å². The molecule has 0 aliphatic heterocycles. The van der Waals surface area contributed by atoms with Crippen LogP contribution in [0.4, 0.5) is 0 Å². The number of nitrogens with one attached hydrogen (secondary N) is 1. The molecule has 3 heteroatoms. The van der Waals surface area contributed by atoms with E-state index in [1.807, 2.05) is 0 Å². The van der Waals surface area contributed by atoms with Gasteiger partial charge in [0.05, 0.1) is 5.54 Å². The lowest BCUT2D eigenvalue weighted by Gasteiger charge is -2.36. The van der Waals surface area contributed by atoms with Crippen LogP contribution in [0.5, 0.6) is 0 Å². The summed E-state index contributed by atoms with van der Waals surface area (Å²) in [5.41, 5.74) is 2.32. The van der Waals surface area contributed by atoms with E-state index in [1.165, 1.54) is 30.4 Å². The van der Waals surface area contributed by atoms with Crippen molar-refractivity contribution in [3.05, 3.63) is 35.4 Å². The Labute approximate surface area is 126 Å². The molecule has 2 rings (SSSR count). The van der Waals surface area contributed by atoms with Crippen molar-refractivity contribution in [2.24, 2.45) is 0 Å². The van der Waals surface area contributed by atoms with E-state index in [1.54, 1.807) is 0 Å². The molecular weight excluding hydrogens is 270 g/mol. The molecule has 1 aromatic rings. The summed E-state index contributed by atoms with van der Waals surface area (Å²) in [5, 5.41) is 3.19.